The summed E-state index contributed by atoms with van der Waals surface area (Å²) >= 11 is 0. The maximum atomic E-state index is 14.1. The molecule has 2 heterocycles. The van der Waals surface area contributed by atoms with Crippen molar-refractivity contribution in [2.45, 2.75) is 58.0 Å². The third-order valence-electron chi connectivity index (χ3n) is 8.65. The third kappa shape index (κ3) is 9.36. The number of amides is 3. The van der Waals surface area contributed by atoms with E-state index in [9.17, 15) is 24.6 Å². The maximum absolute atomic E-state index is 14.1. The van der Waals surface area contributed by atoms with Crippen molar-refractivity contribution in [2.75, 3.05) is 66.7 Å². The summed E-state index contributed by atoms with van der Waals surface area (Å²) in [5.74, 6) is -0.432. The predicted octanol–water partition coefficient (Wildman–Crippen LogP) is 0.650. The second kappa shape index (κ2) is 16.3. The van der Waals surface area contributed by atoms with Crippen molar-refractivity contribution < 1.29 is 38.8 Å². The van der Waals surface area contributed by atoms with E-state index in [-0.39, 0.29) is 61.7 Å². The number of carbonyl (C=O) groups excluding carboxylic acids is 3. The first kappa shape index (κ1) is 34.7. The van der Waals surface area contributed by atoms with E-state index in [1.807, 2.05) is 34.1 Å². The molecule has 1 aromatic carbocycles. The average Bonchev–Trinajstić information content (AvgIpc) is 2.95. The fraction of sp³-hybridized carbons (Fsp3) is 0.710. The summed E-state index contributed by atoms with van der Waals surface area (Å²) < 4.78 is 16.8. The normalized spacial score (nSPS) is 27.2. The molecule has 0 bridgehead atoms. The van der Waals surface area contributed by atoms with Crippen LogP contribution in [0.5, 0.6) is 5.75 Å². The van der Waals surface area contributed by atoms with E-state index in [0.717, 1.165) is 5.56 Å². The molecule has 0 saturated carbocycles. The van der Waals surface area contributed by atoms with Gasteiger partial charge in [0.2, 0.25) is 17.7 Å². The van der Waals surface area contributed by atoms with Gasteiger partial charge in [0.05, 0.1) is 32.2 Å². The first-order valence-corrected chi connectivity index (χ1v) is 15.1. The largest absolute Gasteiger partial charge is 0.497 e. The van der Waals surface area contributed by atoms with E-state index in [2.05, 4.69) is 13.8 Å². The smallest absolute Gasteiger partial charge is 0.237 e. The van der Waals surface area contributed by atoms with Gasteiger partial charge in [0, 0.05) is 59.3 Å². The van der Waals surface area contributed by atoms with E-state index in [1.54, 1.807) is 12.0 Å². The van der Waals surface area contributed by atoms with Crippen LogP contribution in [-0.4, -0.2) is 128 Å². The number of likely N-dealkylation sites (tertiary alicyclic amines) is 1. The zero-order valence-corrected chi connectivity index (χ0v) is 26.2. The van der Waals surface area contributed by atoms with Crippen LogP contribution in [0.3, 0.4) is 0 Å². The first-order valence-electron chi connectivity index (χ1n) is 15.1. The third-order valence-corrected chi connectivity index (χ3v) is 8.65. The SMILES string of the molecule is COc1cccc([C@@H]2[C@@H](C(C)C)CN(C(C)=O)C[C@H](OC)[C@@H](O)[C@@H](O)COCCCCN2C(=O)CN2CC(C(N)=O)C2)c1. The van der Waals surface area contributed by atoms with Gasteiger partial charge in [-0.05, 0) is 36.5 Å². The molecule has 0 spiro atoms. The molecule has 12 heteroatoms. The Bertz CT molecular complexity index is 1070. The number of hydrogen-bond donors (Lipinski definition) is 3. The monoisotopic (exact) mass is 606 g/mol. The number of ether oxygens (including phenoxy) is 3. The molecule has 2 fully saturated rings. The number of aliphatic hydroxyl groups excluding tert-OH is 2. The van der Waals surface area contributed by atoms with Gasteiger partial charge >= 0.3 is 0 Å². The summed E-state index contributed by atoms with van der Waals surface area (Å²) in [5.41, 5.74) is 6.34. The maximum Gasteiger partial charge on any atom is 0.237 e. The fourth-order valence-electron chi connectivity index (χ4n) is 5.90. The van der Waals surface area contributed by atoms with Crippen molar-refractivity contribution in [3.8, 4) is 5.75 Å². The Morgan fingerprint density at radius 3 is 2.42 bits per heavy atom. The van der Waals surface area contributed by atoms with Gasteiger partial charge in [-0.1, -0.05) is 26.0 Å². The molecule has 242 valence electrons. The second-order valence-corrected chi connectivity index (χ2v) is 12.0. The predicted molar refractivity (Wildman–Crippen MR) is 160 cm³/mol. The van der Waals surface area contributed by atoms with Gasteiger partial charge in [-0.25, -0.2) is 0 Å². The molecule has 0 radical (unpaired) electrons. The molecule has 3 rings (SSSR count). The lowest BCUT2D eigenvalue weighted by molar-refractivity contribution is -0.142. The molecule has 5 atom stereocenters. The summed E-state index contributed by atoms with van der Waals surface area (Å²) in [6, 6.07) is 7.24. The minimum Gasteiger partial charge on any atom is -0.497 e. The highest BCUT2D eigenvalue weighted by atomic mass is 16.5. The van der Waals surface area contributed by atoms with Gasteiger partial charge in [-0.3, -0.25) is 19.3 Å². The zero-order chi connectivity index (χ0) is 31.7. The fourth-order valence-corrected chi connectivity index (χ4v) is 5.90. The van der Waals surface area contributed by atoms with E-state index in [0.29, 0.717) is 44.8 Å². The lowest BCUT2D eigenvalue weighted by Gasteiger charge is -2.44. The molecule has 2 aliphatic rings. The van der Waals surface area contributed by atoms with E-state index in [1.165, 1.54) is 14.0 Å². The number of nitrogens with two attached hydrogens (primary N) is 1. The van der Waals surface area contributed by atoms with Crippen molar-refractivity contribution in [1.82, 2.24) is 14.7 Å². The Labute approximate surface area is 255 Å². The molecule has 4 N–H and O–H groups in total. The lowest BCUT2D eigenvalue weighted by atomic mass is 9.82. The van der Waals surface area contributed by atoms with E-state index < -0.39 is 24.4 Å². The van der Waals surface area contributed by atoms with Crippen LogP contribution < -0.4 is 10.5 Å². The molecule has 3 amide bonds. The van der Waals surface area contributed by atoms with Crippen LogP contribution >= 0.6 is 0 Å². The molecule has 2 saturated heterocycles. The number of rotatable bonds is 7. The van der Waals surface area contributed by atoms with Crippen LogP contribution in [0.1, 0.15) is 45.2 Å². The Hall–Kier alpha value is -2.77. The molecule has 12 nitrogen and oxygen atoms in total. The quantitative estimate of drug-likeness (QED) is 0.406. The van der Waals surface area contributed by atoms with Crippen LogP contribution in [-0.2, 0) is 23.9 Å². The van der Waals surface area contributed by atoms with Gasteiger partial charge in [0.15, 0.2) is 0 Å². The molecule has 2 aliphatic heterocycles. The highest BCUT2D eigenvalue weighted by molar-refractivity contribution is 5.81. The summed E-state index contributed by atoms with van der Waals surface area (Å²) in [7, 11) is 3.03. The van der Waals surface area contributed by atoms with Gasteiger partial charge in [-0.15, -0.1) is 0 Å². The van der Waals surface area contributed by atoms with Crippen molar-refractivity contribution in [3.05, 3.63) is 29.8 Å². The van der Waals surface area contributed by atoms with Gasteiger partial charge in [-0.2, -0.15) is 0 Å². The van der Waals surface area contributed by atoms with E-state index >= 15 is 0 Å². The Morgan fingerprint density at radius 2 is 1.81 bits per heavy atom. The Balaban J connectivity index is 2.06. The molecule has 0 aliphatic carbocycles. The summed E-state index contributed by atoms with van der Waals surface area (Å²) in [4.78, 5) is 44.2. The van der Waals surface area contributed by atoms with Crippen molar-refractivity contribution in [3.63, 3.8) is 0 Å². The number of hydrogen-bond acceptors (Lipinski definition) is 9. The van der Waals surface area contributed by atoms with E-state index in [4.69, 9.17) is 19.9 Å². The topological polar surface area (TPSA) is 155 Å². The lowest BCUT2D eigenvalue weighted by Crippen LogP contribution is -2.56. The Kier molecular flexibility index (Phi) is 13.2. The summed E-state index contributed by atoms with van der Waals surface area (Å²) in [5, 5.41) is 21.4. The van der Waals surface area contributed by atoms with Gasteiger partial charge < -0.3 is 40.0 Å². The van der Waals surface area contributed by atoms with Gasteiger partial charge in [0.25, 0.3) is 0 Å². The van der Waals surface area contributed by atoms with Crippen LogP contribution in [0.15, 0.2) is 24.3 Å². The van der Waals surface area contributed by atoms with Crippen molar-refractivity contribution in [1.29, 1.82) is 0 Å². The van der Waals surface area contributed by atoms with Gasteiger partial charge in [0.1, 0.15) is 24.1 Å². The van der Waals surface area contributed by atoms with Crippen molar-refractivity contribution >= 4 is 17.7 Å². The summed E-state index contributed by atoms with van der Waals surface area (Å²) in [6.45, 7) is 7.67. The number of aliphatic hydroxyl groups is 2. The highest BCUT2D eigenvalue weighted by Crippen LogP contribution is 2.37. The number of nitrogens with zero attached hydrogens (tertiary/aromatic N) is 3. The molecule has 0 unspecified atom stereocenters. The number of methoxy groups -OCH3 is 2. The Morgan fingerprint density at radius 1 is 1.09 bits per heavy atom. The molecular formula is C31H50N4O8. The number of carbonyl (C=O) groups is 3. The van der Waals surface area contributed by atoms with Crippen LogP contribution in [0.2, 0.25) is 0 Å². The van der Waals surface area contributed by atoms with Crippen LogP contribution in [0.25, 0.3) is 0 Å². The standard InChI is InChI=1S/C31H50N4O8/c1-20(2)25-16-34(21(3)36)17-27(42-5)30(39)26(37)19-43-12-7-6-11-35(28(38)18-33-14-23(15-33)31(32)40)29(25)22-9-8-10-24(13-22)41-4/h8-10,13,20,23,25-27,29-30,37,39H,6-7,11-12,14-19H2,1-5H3,(H2,32,40)/t25-,26+,27+,29-,30+/m1/s1. The van der Waals surface area contributed by atoms with Crippen LogP contribution in [0, 0.1) is 17.8 Å². The molecule has 0 aromatic heterocycles. The molecule has 43 heavy (non-hydrogen) atoms. The van der Waals surface area contributed by atoms with Crippen molar-refractivity contribution in [2.24, 2.45) is 23.5 Å². The minimum absolute atomic E-state index is 0.0344. The number of benzene rings is 1. The highest BCUT2D eigenvalue weighted by Gasteiger charge is 2.39. The summed E-state index contributed by atoms with van der Waals surface area (Å²) in [6.07, 6.45) is -2.03. The first-order chi connectivity index (χ1) is 20.5. The molecule has 1 aromatic rings. The average molecular weight is 607 g/mol. The zero-order valence-electron chi connectivity index (χ0n) is 26.2. The number of primary amides is 1. The molecular weight excluding hydrogens is 556 g/mol. The second-order valence-electron chi connectivity index (χ2n) is 12.0. The minimum atomic E-state index is -1.26. The van der Waals surface area contributed by atoms with Crippen LogP contribution in [0.4, 0.5) is 0 Å².